The molecule has 0 spiro atoms. The number of rotatable bonds is 8. The average molecular weight is 267 g/mol. The minimum Gasteiger partial charge on any atom is -0.478 e. The molecule has 0 aromatic carbocycles. The molecule has 1 amide bonds. The first-order chi connectivity index (χ1) is 9.10. The minimum atomic E-state index is -0.500. The molecule has 19 heavy (non-hydrogen) atoms. The van der Waals surface area contributed by atoms with Gasteiger partial charge in [0.25, 0.3) is 5.91 Å². The molecule has 0 saturated heterocycles. The van der Waals surface area contributed by atoms with Crippen molar-refractivity contribution >= 4 is 5.91 Å². The Balaban J connectivity index is 2.48. The van der Waals surface area contributed by atoms with E-state index < -0.39 is 6.10 Å². The van der Waals surface area contributed by atoms with E-state index in [9.17, 15) is 4.79 Å². The number of hydrogen-bond acceptors (Lipinski definition) is 3. The third kappa shape index (κ3) is 4.93. The lowest BCUT2D eigenvalue weighted by molar-refractivity contribution is -0.128. The van der Waals surface area contributed by atoms with E-state index in [2.05, 4.69) is 31.2 Å². The Morgan fingerprint density at radius 2 is 2.11 bits per heavy atom. The Labute approximate surface area is 115 Å². The van der Waals surface area contributed by atoms with Crippen molar-refractivity contribution in [3.63, 3.8) is 0 Å². The number of hydrogen-bond donors (Lipinski definition) is 1. The lowest BCUT2D eigenvalue weighted by Gasteiger charge is -2.18. The summed E-state index contributed by atoms with van der Waals surface area (Å²) in [4.78, 5) is 11.9. The van der Waals surface area contributed by atoms with Gasteiger partial charge >= 0.3 is 0 Å². The van der Waals surface area contributed by atoms with Crippen LogP contribution < -0.4 is 10.1 Å². The van der Waals surface area contributed by atoms with Crippen LogP contribution in [0.5, 0.6) is 5.75 Å². The molecule has 5 heteroatoms. The largest absolute Gasteiger partial charge is 0.478 e. The third-order valence-corrected chi connectivity index (χ3v) is 3.08. The highest BCUT2D eigenvalue weighted by Gasteiger charge is 2.17. The molecule has 1 unspecified atom stereocenters. The van der Waals surface area contributed by atoms with E-state index in [4.69, 9.17) is 4.74 Å². The number of amides is 1. The normalized spacial score (nSPS) is 12.5. The number of nitrogens with one attached hydrogen (secondary N) is 1. The Morgan fingerprint density at radius 3 is 2.68 bits per heavy atom. The van der Waals surface area contributed by atoms with Crippen molar-refractivity contribution < 1.29 is 9.53 Å². The number of carbonyl (C=O) groups is 1. The van der Waals surface area contributed by atoms with Crippen LogP contribution in [0.1, 0.15) is 47.0 Å². The van der Waals surface area contributed by atoms with Crippen molar-refractivity contribution in [2.24, 2.45) is 0 Å². The monoisotopic (exact) mass is 267 g/mol. The molecule has 0 bridgehead atoms. The van der Waals surface area contributed by atoms with Crippen molar-refractivity contribution in [2.45, 2.75) is 65.6 Å². The molecule has 5 nitrogen and oxygen atoms in total. The fraction of sp³-hybridized carbons (Fsp3) is 0.714. The SMILES string of the molecule is CCCn1cc(OC(C)C(=O)NC(CC)CC)cn1. The van der Waals surface area contributed by atoms with E-state index in [0.717, 1.165) is 25.8 Å². The predicted octanol–water partition coefficient (Wildman–Crippen LogP) is 2.37. The van der Waals surface area contributed by atoms with Gasteiger partial charge in [-0.15, -0.1) is 0 Å². The summed E-state index contributed by atoms with van der Waals surface area (Å²) in [5.41, 5.74) is 0. The van der Waals surface area contributed by atoms with E-state index in [0.29, 0.717) is 5.75 Å². The molecule has 1 aromatic heterocycles. The highest BCUT2D eigenvalue weighted by Crippen LogP contribution is 2.11. The second-order valence-corrected chi connectivity index (χ2v) is 4.72. The van der Waals surface area contributed by atoms with Gasteiger partial charge in [-0.05, 0) is 26.2 Å². The molecule has 0 fully saturated rings. The predicted molar refractivity (Wildman–Crippen MR) is 75.1 cm³/mol. The average Bonchev–Trinajstić information content (AvgIpc) is 2.83. The molecule has 1 atom stereocenters. The van der Waals surface area contributed by atoms with Gasteiger partial charge in [0.2, 0.25) is 0 Å². The summed E-state index contributed by atoms with van der Waals surface area (Å²) in [5.74, 6) is 0.567. The molecule has 0 saturated carbocycles. The molecular weight excluding hydrogens is 242 g/mol. The van der Waals surface area contributed by atoms with Gasteiger partial charge in [-0.2, -0.15) is 5.10 Å². The maximum absolute atomic E-state index is 11.9. The summed E-state index contributed by atoms with van der Waals surface area (Å²) >= 11 is 0. The molecular formula is C14H25N3O2. The smallest absolute Gasteiger partial charge is 0.260 e. The van der Waals surface area contributed by atoms with Crippen molar-refractivity contribution in [2.75, 3.05) is 0 Å². The molecule has 0 radical (unpaired) electrons. The van der Waals surface area contributed by atoms with Gasteiger partial charge in [-0.25, -0.2) is 0 Å². The summed E-state index contributed by atoms with van der Waals surface area (Å²) in [5, 5.41) is 7.15. The standard InChI is InChI=1S/C14H25N3O2/c1-5-8-17-10-13(9-15-17)19-11(4)14(18)16-12(6-2)7-3/h9-12H,5-8H2,1-4H3,(H,16,18). The van der Waals surface area contributed by atoms with E-state index in [1.165, 1.54) is 0 Å². The lowest BCUT2D eigenvalue weighted by atomic mass is 10.1. The summed E-state index contributed by atoms with van der Waals surface area (Å²) in [6.07, 6.45) is 5.86. The van der Waals surface area contributed by atoms with Crippen molar-refractivity contribution in [1.82, 2.24) is 15.1 Å². The van der Waals surface area contributed by atoms with Crippen molar-refractivity contribution in [3.8, 4) is 5.75 Å². The van der Waals surface area contributed by atoms with E-state index >= 15 is 0 Å². The van der Waals surface area contributed by atoms with Gasteiger partial charge in [0.15, 0.2) is 11.9 Å². The third-order valence-electron chi connectivity index (χ3n) is 3.08. The summed E-state index contributed by atoms with van der Waals surface area (Å²) in [6, 6.07) is 0.223. The fourth-order valence-corrected chi connectivity index (χ4v) is 1.83. The van der Waals surface area contributed by atoms with Crippen LogP contribution in [0, 0.1) is 0 Å². The molecule has 0 aliphatic rings. The van der Waals surface area contributed by atoms with Gasteiger partial charge in [-0.3, -0.25) is 9.48 Å². The van der Waals surface area contributed by atoms with Crippen LogP contribution in [0.4, 0.5) is 0 Å². The summed E-state index contributed by atoms with van der Waals surface area (Å²) in [7, 11) is 0. The Morgan fingerprint density at radius 1 is 1.42 bits per heavy atom. The quantitative estimate of drug-likeness (QED) is 0.786. The summed E-state index contributed by atoms with van der Waals surface area (Å²) < 4.78 is 7.42. The van der Waals surface area contributed by atoms with Crippen LogP contribution in [-0.2, 0) is 11.3 Å². The van der Waals surface area contributed by atoms with E-state index in [-0.39, 0.29) is 11.9 Å². The maximum atomic E-state index is 11.9. The second-order valence-electron chi connectivity index (χ2n) is 4.72. The number of nitrogens with zero attached hydrogens (tertiary/aromatic N) is 2. The number of aromatic nitrogens is 2. The van der Waals surface area contributed by atoms with Gasteiger partial charge in [0, 0.05) is 12.6 Å². The molecule has 1 aromatic rings. The van der Waals surface area contributed by atoms with Crippen LogP contribution in [0.3, 0.4) is 0 Å². The Hall–Kier alpha value is -1.52. The molecule has 1 heterocycles. The highest BCUT2D eigenvalue weighted by molar-refractivity contribution is 5.80. The molecule has 108 valence electrons. The zero-order valence-electron chi connectivity index (χ0n) is 12.3. The first-order valence-corrected chi connectivity index (χ1v) is 7.10. The van der Waals surface area contributed by atoms with E-state index in [1.807, 2.05) is 10.9 Å². The summed E-state index contributed by atoms with van der Waals surface area (Å²) in [6.45, 7) is 8.84. The molecule has 0 aliphatic carbocycles. The van der Waals surface area contributed by atoms with Crippen LogP contribution in [0.2, 0.25) is 0 Å². The Kier molecular flexibility index (Phi) is 6.39. The highest BCUT2D eigenvalue weighted by atomic mass is 16.5. The van der Waals surface area contributed by atoms with Gasteiger partial charge in [0.05, 0.1) is 12.4 Å². The van der Waals surface area contributed by atoms with Crippen LogP contribution in [0.25, 0.3) is 0 Å². The number of carbonyl (C=O) groups excluding carboxylic acids is 1. The second kappa shape index (κ2) is 7.81. The van der Waals surface area contributed by atoms with Crippen LogP contribution in [-0.4, -0.2) is 27.8 Å². The Bertz CT molecular complexity index is 386. The number of aryl methyl sites for hydroxylation is 1. The first kappa shape index (κ1) is 15.5. The molecule has 1 rings (SSSR count). The molecule has 1 N–H and O–H groups in total. The van der Waals surface area contributed by atoms with Crippen molar-refractivity contribution in [1.29, 1.82) is 0 Å². The van der Waals surface area contributed by atoms with Gasteiger partial charge in [-0.1, -0.05) is 20.8 Å². The first-order valence-electron chi connectivity index (χ1n) is 7.10. The van der Waals surface area contributed by atoms with Crippen molar-refractivity contribution in [3.05, 3.63) is 12.4 Å². The zero-order valence-corrected chi connectivity index (χ0v) is 12.3. The zero-order chi connectivity index (χ0) is 14.3. The van der Waals surface area contributed by atoms with E-state index in [1.54, 1.807) is 13.1 Å². The van der Waals surface area contributed by atoms with Gasteiger partial charge in [0.1, 0.15) is 0 Å². The lowest BCUT2D eigenvalue weighted by Crippen LogP contribution is -2.42. The number of ether oxygens (including phenoxy) is 1. The topological polar surface area (TPSA) is 56.1 Å². The minimum absolute atomic E-state index is 0.0723. The van der Waals surface area contributed by atoms with Crippen LogP contribution in [0.15, 0.2) is 12.4 Å². The van der Waals surface area contributed by atoms with Crippen LogP contribution >= 0.6 is 0 Å². The maximum Gasteiger partial charge on any atom is 0.260 e. The fourth-order valence-electron chi connectivity index (χ4n) is 1.83. The molecule has 0 aliphatic heterocycles. The van der Waals surface area contributed by atoms with Gasteiger partial charge < -0.3 is 10.1 Å².